The topological polar surface area (TPSA) is 32.8 Å². The second-order valence-corrected chi connectivity index (χ2v) is 31.7. The molecule has 0 fully saturated rings. The van der Waals surface area contributed by atoms with Gasteiger partial charge in [-0.15, -0.1) is 0 Å². The number of fused-ring (bicyclic) bond motifs is 10. The Morgan fingerprint density at radius 2 is 0.535 bits per heavy atom. The smallest absolute Gasteiger partial charge is 0.252 e. The zero-order chi connectivity index (χ0) is 68.0. The largest absolute Gasteiger partial charge is 0.456 e. The minimum Gasteiger partial charge on any atom is -0.456 e. The molecule has 2 aliphatic heterocycles. The molecule has 5 heteroatoms. The van der Waals surface area contributed by atoms with Crippen LogP contribution in [0.1, 0.15) is 105 Å². The van der Waals surface area contributed by atoms with Crippen molar-refractivity contribution in [3.63, 3.8) is 0 Å². The summed E-state index contributed by atoms with van der Waals surface area (Å²) in [6.45, 7) is 27.8. The molecule has 4 heterocycles. The van der Waals surface area contributed by atoms with Crippen molar-refractivity contribution in [1.29, 1.82) is 0 Å². The SMILES string of the molecule is CC(C)(C)c1cc(-c2ccccc2-c2ccc3c(c2)N(c2ccccc2-c2ccc4oc5ccccc5c4c2)c2cccc4c2B3c2ccc(-c3ccccc3-c3cc(C(C)(C)C)cc(C(C)(C)C)c3)cc2N4c2ccccc2-c2ccc3oc4ccccc4c3c2)cc(C(C)(C)C)c1. The molecule has 15 aromatic rings. The minimum absolute atomic E-state index is 0.0532. The highest BCUT2D eigenvalue weighted by Gasteiger charge is 2.44. The minimum atomic E-state index is -0.167. The van der Waals surface area contributed by atoms with E-state index in [1.165, 1.54) is 72.0 Å². The first-order chi connectivity index (χ1) is 47.6. The van der Waals surface area contributed by atoms with Crippen LogP contribution in [-0.4, -0.2) is 6.71 Å². The van der Waals surface area contributed by atoms with Crippen LogP contribution < -0.4 is 26.2 Å². The van der Waals surface area contributed by atoms with Crippen molar-refractivity contribution in [2.24, 2.45) is 0 Å². The molecule has 0 atom stereocenters. The molecule has 0 radical (unpaired) electrons. The molecule has 2 aromatic heterocycles. The summed E-state index contributed by atoms with van der Waals surface area (Å²) >= 11 is 0. The van der Waals surface area contributed by atoms with Crippen LogP contribution in [0.4, 0.5) is 34.1 Å². The van der Waals surface area contributed by atoms with E-state index >= 15 is 0 Å². The molecule has 0 saturated carbocycles. The summed E-state index contributed by atoms with van der Waals surface area (Å²) in [5.74, 6) is 0. The van der Waals surface area contributed by atoms with Gasteiger partial charge in [-0.1, -0.05) is 283 Å². The van der Waals surface area contributed by atoms with Crippen LogP contribution in [0.3, 0.4) is 0 Å². The number of benzene rings is 13. The molecule has 0 amide bonds. The van der Waals surface area contributed by atoms with E-state index in [1.807, 2.05) is 0 Å². The van der Waals surface area contributed by atoms with Gasteiger partial charge in [0.15, 0.2) is 0 Å². The first kappa shape index (κ1) is 61.7. The monoisotopic (exact) mass is 1280 g/mol. The molecule has 99 heavy (non-hydrogen) atoms. The molecule has 0 spiro atoms. The number of rotatable bonds is 8. The standard InChI is InChI=1S/C94H81BN2O2/c1-91(2,3)64-48-62(49-65(56-64)92(4,5)6)70-28-15-13-26-68(70)60-40-44-78-84(54-60)96(80-34-21-17-30-72(80)58-42-46-88-76(52-58)74-32-19-23-38-86(74)98-88)82-36-25-37-83-90(82)95(78)79-45-41-61(69-27-14-16-29-71(69)63-50-66(93(7,8)9)57-67(51-63)94(10,11)12)55-85(79)97(83)81-35-22-18-31-73(81)59-43-47-89-77(53-59)75-33-20-24-39-87(75)99-89/h13-57H,1-12H3. The molecule has 482 valence electrons. The van der Waals surface area contributed by atoms with Crippen LogP contribution in [0.25, 0.3) is 111 Å². The van der Waals surface area contributed by atoms with E-state index in [0.717, 1.165) is 111 Å². The maximum Gasteiger partial charge on any atom is 0.252 e. The molecule has 0 unspecified atom stereocenters. The van der Waals surface area contributed by atoms with Crippen LogP contribution in [-0.2, 0) is 21.7 Å². The van der Waals surface area contributed by atoms with Crippen molar-refractivity contribution in [3.05, 3.63) is 295 Å². The number of para-hydroxylation sites is 4. The van der Waals surface area contributed by atoms with Crippen LogP contribution in [0.15, 0.2) is 282 Å². The lowest BCUT2D eigenvalue weighted by molar-refractivity contribution is 0.568. The van der Waals surface area contributed by atoms with Crippen LogP contribution in [0.2, 0.25) is 0 Å². The van der Waals surface area contributed by atoms with Gasteiger partial charge in [-0.25, -0.2) is 0 Å². The number of anilines is 6. The third-order valence-electron chi connectivity index (χ3n) is 21.1. The molecule has 13 aromatic carbocycles. The Kier molecular flexibility index (Phi) is 14.2. The van der Waals surface area contributed by atoms with E-state index in [2.05, 4.69) is 366 Å². The predicted molar refractivity (Wildman–Crippen MR) is 422 cm³/mol. The highest BCUT2D eigenvalue weighted by molar-refractivity contribution is 7.00. The van der Waals surface area contributed by atoms with Gasteiger partial charge in [-0.05, 0) is 189 Å². The van der Waals surface area contributed by atoms with Crippen LogP contribution in [0.5, 0.6) is 0 Å². The average Bonchev–Trinajstić information content (AvgIpc) is 1.27. The Bertz CT molecular complexity index is 5360. The van der Waals surface area contributed by atoms with Gasteiger partial charge >= 0.3 is 0 Å². The lowest BCUT2D eigenvalue weighted by Crippen LogP contribution is -2.61. The quantitative estimate of drug-likeness (QED) is 0.142. The van der Waals surface area contributed by atoms with Gasteiger partial charge in [-0.2, -0.15) is 0 Å². The Morgan fingerprint density at radius 1 is 0.232 bits per heavy atom. The van der Waals surface area contributed by atoms with E-state index in [4.69, 9.17) is 8.83 Å². The lowest BCUT2D eigenvalue weighted by Gasteiger charge is -2.45. The number of hydrogen-bond acceptors (Lipinski definition) is 4. The third kappa shape index (κ3) is 10.5. The van der Waals surface area contributed by atoms with Crippen molar-refractivity contribution in [3.8, 4) is 66.8 Å². The van der Waals surface area contributed by atoms with Crippen molar-refractivity contribution < 1.29 is 8.83 Å². The highest BCUT2D eigenvalue weighted by Crippen LogP contribution is 2.51. The lowest BCUT2D eigenvalue weighted by atomic mass is 9.33. The summed E-state index contributed by atoms with van der Waals surface area (Å²) < 4.78 is 13.0. The van der Waals surface area contributed by atoms with Gasteiger partial charge < -0.3 is 18.6 Å². The highest BCUT2D eigenvalue weighted by atomic mass is 16.3. The van der Waals surface area contributed by atoms with Crippen molar-refractivity contribution >= 4 is 101 Å². The zero-order valence-electron chi connectivity index (χ0n) is 58.8. The summed E-state index contributed by atoms with van der Waals surface area (Å²) in [6, 6.07) is 103. The van der Waals surface area contributed by atoms with Gasteiger partial charge in [-0.3, -0.25) is 0 Å². The third-order valence-corrected chi connectivity index (χ3v) is 21.1. The molecular formula is C94H81BN2O2. The average molecular weight is 1280 g/mol. The Balaban J connectivity index is 0.929. The predicted octanol–water partition coefficient (Wildman–Crippen LogP) is 24.8. The number of nitrogens with zero attached hydrogens (tertiary/aromatic N) is 2. The van der Waals surface area contributed by atoms with E-state index < -0.39 is 0 Å². The fraction of sp³-hybridized carbons (Fsp3) is 0.170. The molecule has 0 N–H and O–H groups in total. The fourth-order valence-corrected chi connectivity index (χ4v) is 15.7. The molecule has 17 rings (SSSR count). The normalized spacial score (nSPS) is 13.2. The fourth-order valence-electron chi connectivity index (χ4n) is 15.7. The summed E-state index contributed by atoms with van der Waals surface area (Å²) in [5.41, 5.74) is 33.1. The molecule has 2 aliphatic rings. The van der Waals surface area contributed by atoms with Gasteiger partial charge in [0.2, 0.25) is 0 Å². The van der Waals surface area contributed by atoms with Crippen molar-refractivity contribution in [2.45, 2.75) is 105 Å². The number of hydrogen-bond donors (Lipinski definition) is 0. The summed E-state index contributed by atoms with van der Waals surface area (Å²) in [7, 11) is 0. The van der Waals surface area contributed by atoms with Crippen molar-refractivity contribution in [2.75, 3.05) is 9.80 Å². The van der Waals surface area contributed by atoms with E-state index in [9.17, 15) is 0 Å². The van der Waals surface area contributed by atoms with Gasteiger partial charge in [0, 0.05) is 55.4 Å². The van der Waals surface area contributed by atoms with Gasteiger partial charge in [0.1, 0.15) is 22.3 Å². The van der Waals surface area contributed by atoms with Gasteiger partial charge in [0.25, 0.3) is 6.71 Å². The molecular weight excluding hydrogens is 1200 g/mol. The second-order valence-electron chi connectivity index (χ2n) is 31.7. The Morgan fingerprint density at radius 3 is 0.919 bits per heavy atom. The molecule has 4 nitrogen and oxygen atoms in total. The van der Waals surface area contributed by atoms with Gasteiger partial charge in [0.05, 0.1) is 11.4 Å². The summed E-state index contributed by atoms with van der Waals surface area (Å²) in [5, 5.41) is 4.40. The Labute approximate surface area is 582 Å². The summed E-state index contributed by atoms with van der Waals surface area (Å²) in [6.07, 6.45) is 0. The zero-order valence-corrected chi connectivity index (χ0v) is 58.8. The molecule has 0 bridgehead atoms. The van der Waals surface area contributed by atoms with Crippen LogP contribution >= 0.6 is 0 Å². The molecule has 0 saturated heterocycles. The number of furan rings is 2. The summed E-state index contributed by atoms with van der Waals surface area (Å²) in [4.78, 5) is 5.19. The first-order valence-corrected chi connectivity index (χ1v) is 35.1. The van der Waals surface area contributed by atoms with E-state index in [0.29, 0.717) is 0 Å². The first-order valence-electron chi connectivity index (χ1n) is 35.1. The second kappa shape index (κ2) is 22.9. The molecule has 0 aliphatic carbocycles. The maximum atomic E-state index is 6.48. The van der Waals surface area contributed by atoms with E-state index in [-0.39, 0.29) is 28.4 Å². The van der Waals surface area contributed by atoms with Crippen molar-refractivity contribution in [1.82, 2.24) is 0 Å². The van der Waals surface area contributed by atoms with Crippen LogP contribution in [0, 0.1) is 0 Å². The maximum absolute atomic E-state index is 6.48. The Hall–Kier alpha value is -10.9. The van der Waals surface area contributed by atoms with E-state index in [1.54, 1.807) is 0 Å².